The summed E-state index contributed by atoms with van der Waals surface area (Å²) in [7, 11) is 0. The average Bonchev–Trinajstić information content (AvgIpc) is 2.91. The Morgan fingerprint density at radius 3 is 2.95 bits per heavy atom. The molecule has 1 amide bonds. The van der Waals surface area contributed by atoms with Gasteiger partial charge in [0.15, 0.2) is 5.69 Å². The molecule has 0 saturated carbocycles. The third-order valence-electron chi connectivity index (χ3n) is 2.55. The highest BCUT2D eigenvalue weighted by Crippen LogP contribution is 2.11. The number of aromatic nitrogens is 3. The molecule has 2 rings (SSSR count). The van der Waals surface area contributed by atoms with Gasteiger partial charge in [-0.05, 0) is 17.7 Å². The number of anilines is 1. The zero-order valence-electron chi connectivity index (χ0n) is 11.0. The number of hydrogen-bond donors (Lipinski definition) is 3. The van der Waals surface area contributed by atoms with Crippen molar-refractivity contribution in [1.29, 1.82) is 0 Å². The van der Waals surface area contributed by atoms with Crippen molar-refractivity contribution >= 4 is 11.6 Å². The normalized spacial score (nSPS) is 10.7. The first kappa shape index (κ1) is 13.2. The van der Waals surface area contributed by atoms with E-state index in [0.29, 0.717) is 6.04 Å². The van der Waals surface area contributed by atoms with Gasteiger partial charge in [0.05, 0.1) is 6.20 Å². The zero-order valence-corrected chi connectivity index (χ0v) is 11.0. The molecule has 100 valence electrons. The first-order valence-corrected chi connectivity index (χ1v) is 6.14. The second-order valence-corrected chi connectivity index (χ2v) is 4.55. The van der Waals surface area contributed by atoms with Gasteiger partial charge in [-0.3, -0.25) is 4.79 Å². The molecule has 0 aliphatic heterocycles. The molecule has 3 N–H and O–H groups in total. The van der Waals surface area contributed by atoms with Crippen LogP contribution in [0, 0.1) is 0 Å². The van der Waals surface area contributed by atoms with E-state index in [1.165, 1.54) is 6.20 Å². The molecule has 19 heavy (non-hydrogen) atoms. The zero-order chi connectivity index (χ0) is 13.7. The lowest BCUT2D eigenvalue weighted by molar-refractivity contribution is 0.102. The summed E-state index contributed by atoms with van der Waals surface area (Å²) in [5.41, 5.74) is 2.13. The van der Waals surface area contributed by atoms with Gasteiger partial charge < -0.3 is 10.6 Å². The van der Waals surface area contributed by atoms with Gasteiger partial charge in [-0.2, -0.15) is 15.4 Å². The lowest BCUT2D eigenvalue weighted by atomic mass is 10.2. The lowest BCUT2D eigenvalue weighted by Gasteiger charge is -2.09. The quantitative estimate of drug-likeness (QED) is 0.761. The van der Waals surface area contributed by atoms with Gasteiger partial charge in [0.25, 0.3) is 5.91 Å². The third kappa shape index (κ3) is 3.89. The molecule has 1 aromatic heterocycles. The van der Waals surface area contributed by atoms with Gasteiger partial charge in [0.2, 0.25) is 0 Å². The van der Waals surface area contributed by atoms with E-state index in [2.05, 4.69) is 39.9 Å². The highest BCUT2D eigenvalue weighted by molar-refractivity contribution is 6.02. The van der Waals surface area contributed by atoms with Crippen LogP contribution in [0.25, 0.3) is 0 Å². The maximum atomic E-state index is 11.8. The van der Waals surface area contributed by atoms with Crippen LogP contribution in [0.3, 0.4) is 0 Å². The molecule has 6 nitrogen and oxygen atoms in total. The Bertz CT molecular complexity index is 536. The Hall–Kier alpha value is -2.21. The van der Waals surface area contributed by atoms with Gasteiger partial charge in [-0.15, -0.1) is 0 Å². The number of hydrogen-bond acceptors (Lipinski definition) is 4. The van der Waals surface area contributed by atoms with Crippen LogP contribution in [0.15, 0.2) is 30.5 Å². The number of H-pyrrole nitrogens is 1. The number of benzene rings is 1. The molecular formula is C13H17N5O. The van der Waals surface area contributed by atoms with Crippen LogP contribution >= 0.6 is 0 Å². The minimum Gasteiger partial charge on any atom is -0.321 e. The van der Waals surface area contributed by atoms with Crippen molar-refractivity contribution in [2.24, 2.45) is 0 Å². The fourth-order valence-corrected chi connectivity index (χ4v) is 1.59. The number of amides is 1. The van der Waals surface area contributed by atoms with E-state index in [9.17, 15) is 4.79 Å². The van der Waals surface area contributed by atoms with Gasteiger partial charge >= 0.3 is 0 Å². The van der Waals surface area contributed by atoms with Gasteiger partial charge in [0, 0.05) is 18.3 Å². The third-order valence-corrected chi connectivity index (χ3v) is 2.55. The van der Waals surface area contributed by atoms with Gasteiger partial charge in [-0.1, -0.05) is 26.0 Å². The molecule has 0 aliphatic rings. The molecule has 2 aromatic rings. The summed E-state index contributed by atoms with van der Waals surface area (Å²) in [6, 6.07) is 8.13. The molecule has 0 atom stereocenters. The number of carbonyl (C=O) groups is 1. The van der Waals surface area contributed by atoms with E-state index in [-0.39, 0.29) is 11.6 Å². The summed E-state index contributed by atoms with van der Waals surface area (Å²) in [5, 5.41) is 15.9. The van der Waals surface area contributed by atoms with Crippen LogP contribution in [-0.4, -0.2) is 27.4 Å². The van der Waals surface area contributed by atoms with Crippen LogP contribution in [-0.2, 0) is 6.54 Å². The minimum absolute atomic E-state index is 0.269. The van der Waals surface area contributed by atoms with Crippen molar-refractivity contribution in [2.45, 2.75) is 26.4 Å². The summed E-state index contributed by atoms with van der Waals surface area (Å²) >= 11 is 0. The Kier molecular flexibility index (Phi) is 4.25. The van der Waals surface area contributed by atoms with Crippen molar-refractivity contribution in [3.8, 4) is 0 Å². The SMILES string of the molecule is CC(C)NCc1cccc(NC(=O)c2cn[nH]n2)c1. The second-order valence-electron chi connectivity index (χ2n) is 4.55. The fraction of sp³-hybridized carbons (Fsp3) is 0.308. The molecule has 0 unspecified atom stereocenters. The Morgan fingerprint density at radius 1 is 1.42 bits per heavy atom. The highest BCUT2D eigenvalue weighted by atomic mass is 16.2. The Morgan fingerprint density at radius 2 is 2.26 bits per heavy atom. The fourth-order valence-electron chi connectivity index (χ4n) is 1.59. The maximum absolute atomic E-state index is 11.8. The first-order chi connectivity index (χ1) is 9.15. The standard InChI is InChI=1S/C13H17N5O/c1-9(2)14-7-10-4-3-5-11(6-10)16-13(19)12-8-15-18-17-12/h3-6,8-9,14H,7H2,1-2H3,(H,16,19)(H,15,17,18). The lowest BCUT2D eigenvalue weighted by Crippen LogP contribution is -2.21. The average molecular weight is 259 g/mol. The molecule has 1 aromatic carbocycles. The number of nitrogens with zero attached hydrogens (tertiary/aromatic N) is 2. The monoisotopic (exact) mass is 259 g/mol. The van der Waals surface area contributed by atoms with E-state index >= 15 is 0 Å². The summed E-state index contributed by atoms with van der Waals surface area (Å²) in [6.07, 6.45) is 1.39. The van der Waals surface area contributed by atoms with Gasteiger partial charge in [-0.25, -0.2) is 0 Å². The summed E-state index contributed by atoms with van der Waals surface area (Å²) in [6.45, 7) is 4.96. The second kappa shape index (κ2) is 6.10. The number of aromatic amines is 1. The van der Waals surface area contributed by atoms with Crippen molar-refractivity contribution in [3.05, 3.63) is 41.7 Å². The van der Waals surface area contributed by atoms with Crippen molar-refractivity contribution in [3.63, 3.8) is 0 Å². The highest BCUT2D eigenvalue weighted by Gasteiger charge is 2.08. The predicted octanol–water partition coefficient (Wildman–Crippen LogP) is 1.55. The molecule has 0 bridgehead atoms. The summed E-state index contributed by atoms with van der Waals surface area (Å²) in [5.74, 6) is -0.275. The van der Waals surface area contributed by atoms with Crippen LogP contribution < -0.4 is 10.6 Å². The van der Waals surface area contributed by atoms with Crippen molar-refractivity contribution in [1.82, 2.24) is 20.7 Å². The maximum Gasteiger partial charge on any atom is 0.277 e. The van der Waals surface area contributed by atoms with E-state index in [4.69, 9.17) is 0 Å². The molecule has 0 saturated heterocycles. The smallest absolute Gasteiger partial charge is 0.277 e. The number of carbonyl (C=O) groups excluding carboxylic acids is 1. The Balaban J connectivity index is 2.01. The van der Waals surface area contributed by atoms with E-state index in [1.807, 2.05) is 24.3 Å². The minimum atomic E-state index is -0.275. The molecular weight excluding hydrogens is 242 g/mol. The van der Waals surface area contributed by atoms with Crippen LogP contribution in [0.2, 0.25) is 0 Å². The molecule has 1 heterocycles. The van der Waals surface area contributed by atoms with E-state index < -0.39 is 0 Å². The van der Waals surface area contributed by atoms with Crippen LogP contribution in [0.5, 0.6) is 0 Å². The van der Waals surface area contributed by atoms with E-state index in [0.717, 1.165) is 17.8 Å². The molecule has 6 heteroatoms. The van der Waals surface area contributed by atoms with Gasteiger partial charge in [0.1, 0.15) is 0 Å². The topological polar surface area (TPSA) is 82.7 Å². The number of rotatable bonds is 5. The van der Waals surface area contributed by atoms with Crippen molar-refractivity contribution in [2.75, 3.05) is 5.32 Å². The molecule has 0 spiro atoms. The molecule has 0 radical (unpaired) electrons. The van der Waals surface area contributed by atoms with Crippen LogP contribution in [0.1, 0.15) is 29.9 Å². The largest absolute Gasteiger partial charge is 0.321 e. The van der Waals surface area contributed by atoms with E-state index in [1.54, 1.807) is 0 Å². The summed E-state index contributed by atoms with van der Waals surface area (Å²) in [4.78, 5) is 11.8. The Labute approximate surface area is 111 Å². The molecule has 0 aliphatic carbocycles. The first-order valence-electron chi connectivity index (χ1n) is 6.14. The summed E-state index contributed by atoms with van der Waals surface area (Å²) < 4.78 is 0. The predicted molar refractivity (Wildman–Crippen MR) is 72.8 cm³/mol. The van der Waals surface area contributed by atoms with Crippen molar-refractivity contribution < 1.29 is 4.79 Å². The molecule has 0 fully saturated rings. The number of nitrogens with one attached hydrogen (secondary N) is 3. The van der Waals surface area contributed by atoms with Crippen LogP contribution in [0.4, 0.5) is 5.69 Å².